The van der Waals surface area contributed by atoms with Crippen molar-refractivity contribution in [3.05, 3.63) is 65.9 Å². The van der Waals surface area contributed by atoms with Crippen molar-refractivity contribution in [1.29, 1.82) is 0 Å². The molecule has 0 amide bonds. The van der Waals surface area contributed by atoms with Gasteiger partial charge in [-0.1, -0.05) is 35.5 Å². The highest BCUT2D eigenvalue weighted by Crippen LogP contribution is 2.34. The Labute approximate surface area is 145 Å². The first-order valence-electron chi connectivity index (χ1n) is 8.03. The number of oxime groups is 1. The topological polar surface area (TPSA) is 68.7 Å². The quantitative estimate of drug-likeness (QED) is 0.573. The number of benzene rings is 2. The number of aromatic amines is 1. The molecule has 6 nitrogen and oxygen atoms in total. The first-order valence-corrected chi connectivity index (χ1v) is 8.03. The number of fused-ring (bicyclic) bond motifs is 1. The second-order valence-electron chi connectivity index (χ2n) is 5.55. The maximum Gasteiger partial charge on any atom is 0.162 e. The summed E-state index contributed by atoms with van der Waals surface area (Å²) in [6, 6.07) is 15.7. The molecule has 2 aromatic carbocycles. The molecule has 0 radical (unpaired) electrons. The molecule has 0 spiro atoms. The van der Waals surface area contributed by atoms with Gasteiger partial charge in [0, 0.05) is 11.1 Å². The number of nitrogens with zero attached hydrogens (tertiary/aromatic N) is 2. The molecular formula is C19H17N3O3. The molecule has 4 rings (SSSR count). The Balaban J connectivity index is 1.48. The van der Waals surface area contributed by atoms with Gasteiger partial charge in [0.1, 0.15) is 19.8 Å². The fourth-order valence-corrected chi connectivity index (χ4v) is 2.60. The maximum absolute atomic E-state index is 5.63. The van der Waals surface area contributed by atoms with Gasteiger partial charge in [0.05, 0.1) is 18.1 Å². The predicted octanol–water partition coefficient (Wildman–Crippen LogP) is 3.40. The summed E-state index contributed by atoms with van der Waals surface area (Å²) in [6.45, 7) is 1.56. The van der Waals surface area contributed by atoms with Gasteiger partial charge in [-0.2, -0.15) is 5.10 Å². The minimum absolute atomic E-state index is 0.425. The van der Waals surface area contributed by atoms with Crippen LogP contribution in [0.4, 0.5) is 0 Å². The summed E-state index contributed by atoms with van der Waals surface area (Å²) in [5.41, 5.74) is 3.71. The van der Waals surface area contributed by atoms with Crippen LogP contribution in [0.2, 0.25) is 0 Å². The number of H-pyrrole nitrogens is 1. The van der Waals surface area contributed by atoms with E-state index in [1.54, 1.807) is 12.4 Å². The minimum Gasteiger partial charge on any atom is -0.486 e. The van der Waals surface area contributed by atoms with Crippen LogP contribution in [0.15, 0.2) is 59.9 Å². The average Bonchev–Trinajstić information content (AvgIpc) is 3.14. The lowest BCUT2D eigenvalue weighted by Crippen LogP contribution is -2.15. The highest BCUT2D eigenvalue weighted by molar-refractivity contribution is 5.88. The molecule has 0 saturated heterocycles. The van der Waals surface area contributed by atoms with Crippen LogP contribution >= 0.6 is 0 Å². The third-order valence-corrected chi connectivity index (χ3v) is 3.84. The van der Waals surface area contributed by atoms with Crippen molar-refractivity contribution < 1.29 is 14.3 Å². The molecule has 1 N–H and O–H groups in total. The number of rotatable bonds is 5. The van der Waals surface area contributed by atoms with Gasteiger partial charge in [0.25, 0.3) is 0 Å². The van der Waals surface area contributed by atoms with Gasteiger partial charge in [0.15, 0.2) is 11.5 Å². The third-order valence-electron chi connectivity index (χ3n) is 3.84. The summed E-state index contributed by atoms with van der Waals surface area (Å²) in [6.07, 6.45) is 3.36. The molecule has 6 heteroatoms. The van der Waals surface area contributed by atoms with Gasteiger partial charge in [-0.25, -0.2) is 0 Å². The molecule has 2 heterocycles. The molecule has 1 aromatic heterocycles. The van der Waals surface area contributed by atoms with E-state index < -0.39 is 0 Å². The van der Waals surface area contributed by atoms with E-state index in [2.05, 4.69) is 15.4 Å². The first kappa shape index (κ1) is 15.3. The van der Waals surface area contributed by atoms with E-state index in [0.29, 0.717) is 19.8 Å². The van der Waals surface area contributed by atoms with Crippen LogP contribution < -0.4 is 9.47 Å². The van der Waals surface area contributed by atoms with Crippen LogP contribution in [-0.2, 0) is 11.4 Å². The first-order chi connectivity index (χ1) is 12.4. The number of hydrogen-bond donors (Lipinski definition) is 1. The Hall–Kier alpha value is -3.28. The van der Waals surface area contributed by atoms with Crippen molar-refractivity contribution in [2.45, 2.75) is 6.61 Å². The smallest absolute Gasteiger partial charge is 0.162 e. The van der Waals surface area contributed by atoms with Crippen LogP contribution in [0.5, 0.6) is 11.5 Å². The summed E-state index contributed by atoms with van der Waals surface area (Å²) in [4.78, 5) is 5.36. The van der Waals surface area contributed by atoms with E-state index in [1.807, 2.05) is 48.5 Å². The molecule has 3 aromatic rings. The fourth-order valence-electron chi connectivity index (χ4n) is 2.60. The Morgan fingerprint density at radius 1 is 1.08 bits per heavy atom. The van der Waals surface area contributed by atoms with E-state index in [4.69, 9.17) is 14.3 Å². The zero-order valence-electron chi connectivity index (χ0n) is 13.5. The lowest BCUT2D eigenvalue weighted by molar-refractivity contribution is 0.132. The zero-order chi connectivity index (χ0) is 16.9. The molecule has 0 saturated carbocycles. The van der Waals surface area contributed by atoms with Gasteiger partial charge < -0.3 is 14.3 Å². The van der Waals surface area contributed by atoms with E-state index in [9.17, 15) is 0 Å². The molecule has 0 unspecified atom stereocenters. The number of aromatic nitrogens is 2. The second-order valence-corrected chi connectivity index (χ2v) is 5.55. The Morgan fingerprint density at radius 2 is 1.92 bits per heavy atom. The van der Waals surface area contributed by atoms with Crippen LogP contribution in [-0.4, -0.2) is 29.6 Å². The zero-order valence-corrected chi connectivity index (χ0v) is 13.5. The van der Waals surface area contributed by atoms with Gasteiger partial charge in [-0.3, -0.25) is 5.10 Å². The SMILES string of the molecule is C(=N\OCc1ccccc1)/c1cn[nH]c1-c1ccc2c(c1)OCCO2. The monoisotopic (exact) mass is 335 g/mol. The summed E-state index contributed by atoms with van der Waals surface area (Å²) in [5, 5.41) is 11.1. The Morgan fingerprint density at radius 3 is 2.80 bits per heavy atom. The van der Waals surface area contributed by atoms with Crippen molar-refractivity contribution in [3.63, 3.8) is 0 Å². The summed E-state index contributed by atoms with van der Waals surface area (Å²) in [7, 11) is 0. The van der Waals surface area contributed by atoms with Crippen molar-refractivity contribution in [1.82, 2.24) is 10.2 Å². The summed E-state index contributed by atoms with van der Waals surface area (Å²) in [5.74, 6) is 1.50. The highest BCUT2D eigenvalue weighted by atomic mass is 16.6. The molecule has 1 aliphatic heterocycles. The maximum atomic E-state index is 5.63. The predicted molar refractivity (Wildman–Crippen MR) is 93.8 cm³/mol. The Kier molecular flexibility index (Phi) is 4.33. The average molecular weight is 335 g/mol. The van der Waals surface area contributed by atoms with Crippen LogP contribution in [0.1, 0.15) is 11.1 Å². The largest absolute Gasteiger partial charge is 0.486 e. The molecular weight excluding hydrogens is 318 g/mol. The summed E-state index contributed by atoms with van der Waals surface area (Å²) >= 11 is 0. The lowest BCUT2D eigenvalue weighted by Gasteiger charge is -2.18. The molecule has 0 aliphatic carbocycles. The summed E-state index contributed by atoms with van der Waals surface area (Å²) < 4.78 is 11.2. The van der Waals surface area contributed by atoms with Crippen molar-refractivity contribution in [2.75, 3.05) is 13.2 Å². The Bertz CT molecular complexity index is 875. The van der Waals surface area contributed by atoms with Crippen molar-refractivity contribution >= 4 is 6.21 Å². The molecule has 126 valence electrons. The van der Waals surface area contributed by atoms with Crippen molar-refractivity contribution in [2.24, 2.45) is 5.16 Å². The number of ether oxygens (including phenoxy) is 2. The third kappa shape index (κ3) is 3.47. The van der Waals surface area contributed by atoms with E-state index >= 15 is 0 Å². The molecule has 0 fully saturated rings. The number of nitrogens with one attached hydrogen (secondary N) is 1. The van der Waals surface area contributed by atoms with Crippen LogP contribution in [0, 0.1) is 0 Å². The highest BCUT2D eigenvalue weighted by Gasteiger charge is 2.14. The van der Waals surface area contributed by atoms with Crippen LogP contribution in [0.3, 0.4) is 0 Å². The van der Waals surface area contributed by atoms with E-state index in [1.165, 1.54) is 0 Å². The van der Waals surface area contributed by atoms with Crippen molar-refractivity contribution in [3.8, 4) is 22.8 Å². The molecule has 25 heavy (non-hydrogen) atoms. The van der Waals surface area contributed by atoms with E-state index in [0.717, 1.165) is 33.9 Å². The number of hydrogen-bond acceptors (Lipinski definition) is 5. The molecule has 0 atom stereocenters. The normalized spacial score (nSPS) is 13.1. The molecule has 0 bridgehead atoms. The molecule has 1 aliphatic rings. The second kappa shape index (κ2) is 7.09. The van der Waals surface area contributed by atoms with Gasteiger partial charge in [0.2, 0.25) is 0 Å². The standard InChI is InChI=1S/C19H17N3O3/c1-2-4-14(5-3-1)13-25-21-12-16-11-20-22-19(16)15-6-7-17-18(10-15)24-9-8-23-17/h1-7,10-12H,8-9,13H2,(H,20,22)/b21-12+. The van der Waals surface area contributed by atoms with Gasteiger partial charge in [-0.05, 0) is 23.8 Å². The lowest BCUT2D eigenvalue weighted by atomic mass is 10.1. The van der Waals surface area contributed by atoms with Crippen LogP contribution in [0.25, 0.3) is 11.3 Å². The minimum atomic E-state index is 0.425. The van der Waals surface area contributed by atoms with Gasteiger partial charge >= 0.3 is 0 Å². The van der Waals surface area contributed by atoms with E-state index in [-0.39, 0.29) is 0 Å². The fraction of sp³-hybridized carbons (Fsp3) is 0.158. The van der Waals surface area contributed by atoms with Gasteiger partial charge in [-0.15, -0.1) is 0 Å².